The zero-order valence-electron chi connectivity index (χ0n) is 16.9. The summed E-state index contributed by atoms with van der Waals surface area (Å²) >= 11 is 0. The number of likely N-dealkylation sites (N-methyl/N-ethyl adjacent to an activating group) is 1. The van der Waals surface area contributed by atoms with Gasteiger partial charge in [0.25, 0.3) is 0 Å². The van der Waals surface area contributed by atoms with Gasteiger partial charge in [-0.05, 0) is 42.9 Å². The van der Waals surface area contributed by atoms with E-state index in [1.165, 1.54) is 5.69 Å². The molecule has 1 saturated heterocycles. The number of rotatable bonds is 5. The summed E-state index contributed by atoms with van der Waals surface area (Å²) in [5.41, 5.74) is 4.09. The molecule has 4 aromatic rings. The lowest BCUT2D eigenvalue weighted by atomic mass is 10.2. The van der Waals surface area contributed by atoms with Crippen LogP contribution in [-0.4, -0.2) is 62.9 Å². The summed E-state index contributed by atoms with van der Waals surface area (Å²) in [5.74, 6) is 0.558. The van der Waals surface area contributed by atoms with Crippen LogP contribution in [0.4, 0.5) is 17.3 Å². The normalized spacial score (nSPS) is 14.9. The van der Waals surface area contributed by atoms with Gasteiger partial charge >= 0.3 is 0 Å². The third-order valence-electron chi connectivity index (χ3n) is 5.42. The van der Waals surface area contributed by atoms with Gasteiger partial charge in [0.05, 0.1) is 18.1 Å². The average molecular weight is 400 g/mol. The van der Waals surface area contributed by atoms with E-state index in [0.29, 0.717) is 12.5 Å². The molecule has 8 nitrogen and oxygen atoms in total. The fourth-order valence-electron chi connectivity index (χ4n) is 3.66. The van der Waals surface area contributed by atoms with Gasteiger partial charge in [-0.1, -0.05) is 6.07 Å². The molecule has 1 N–H and O–H groups in total. The minimum absolute atomic E-state index is 0.558. The van der Waals surface area contributed by atoms with Crippen LogP contribution in [0.5, 0.6) is 0 Å². The Bertz CT molecular complexity index is 1120. The van der Waals surface area contributed by atoms with Gasteiger partial charge in [-0.25, -0.2) is 9.67 Å². The largest absolute Gasteiger partial charge is 0.369 e. The number of aromatic nitrogens is 5. The molecule has 0 aliphatic carbocycles. The zero-order valence-corrected chi connectivity index (χ0v) is 16.9. The number of hydrogen-bond acceptors (Lipinski definition) is 7. The van der Waals surface area contributed by atoms with Crippen LogP contribution in [0, 0.1) is 0 Å². The van der Waals surface area contributed by atoms with Crippen LogP contribution in [0.1, 0.15) is 5.56 Å². The van der Waals surface area contributed by atoms with Crippen molar-refractivity contribution in [3.8, 4) is 0 Å². The molecule has 0 bridgehead atoms. The molecule has 152 valence electrons. The molecule has 5 rings (SSSR count). The highest BCUT2D eigenvalue weighted by Crippen LogP contribution is 2.22. The monoisotopic (exact) mass is 400 g/mol. The zero-order chi connectivity index (χ0) is 20.3. The van der Waals surface area contributed by atoms with Crippen LogP contribution in [0.3, 0.4) is 0 Å². The molecule has 0 amide bonds. The smallest absolute Gasteiger partial charge is 0.229 e. The van der Waals surface area contributed by atoms with Crippen molar-refractivity contribution in [3.05, 3.63) is 66.7 Å². The van der Waals surface area contributed by atoms with E-state index in [0.717, 1.165) is 48.5 Å². The van der Waals surface area contributed by atoms with E-state index < -0.39 is 0 Å². The first-order valence-electron chi connectivity index (χ1n) is 10.1. The Morgan fingerprint density at radius 3 is 2.57 bits per heavy atom. The van der Waals surface area contributed by atoms with Crippen LogP contribution in [0.25, 0.3) is 11.0 Å². The van der Waals surface area contributed by atoms with E-state index in [1.54, 1.807) is 18.6 Å². The maximum atomic E-state index is 4.69. The van der Waals surface area contributed by atoms with Gasteiger partial charge < -0.3 is 15.1 Å². The summed E-state index contributed by atoms with van der Waals surface area (Å²) in [7, 11) is 2.17. The number of hydrogen-bond donors (Lipinski definition) is 1. The molecule has 1 fully saturated rings. The van der Waals surface area contributed by atoms with Crippen molar-refractivity contribution in [2.24, 2.45) is 0 Å². The van der Waals surface area contributed by atoms with Crippen LogP contribution in [0.2, 0.25) is 0 Å². The molecule has 8 heteroatoms. The third-order valence-corrected chi connectivity index (χ3v) is 5.42. The number of pyridine rings is 1. The summed E-state index contributed by atoms with van der Waals surface area (Å²) in [6, 6.07) is 12.4. The molecule has 1 aliphatic heterocycles. The molecule has 1 aromatic carbocycles. The minimum Gasteiger partial charge on any atom is -0.369 e. The molecule has 0 saturated carbocycles. The molecule has 4 heterocycles. The Hall–Kier alpha value is -3.52. The van der Waals surface area contributed by atoms with E-state index in [1.807, 2.05) is 23.0 Å². The summed E-state index contributed by atoms with van der Waals surface area (Å²) in [6.45, 7) is 4.93. The predicted octanol–water partition coefficient (Wildman–Crippen LogP) is 2.77. The highest BCUT2D eigenvalue weighted by molar-refractivity contribution is 5.75. The molecular formula is C22H24N8. The van der Waals surface area contributed by atoms with Gasteiger partial charge in [-0.15, -0.1) is 0 Å². The van der Waals surface area contributed by atoms with Gasteiger partial charge in [0.15, 0.2) is 5.65 Å². The lowest BCUT2D eigenvalue weighted by molar-refractivity contribution is 0.313. The number of nitrogens with one attached hydrogen (secondary N) is 1. The molecule has 30 heavy (non-hydrogen) atoms. The first-order valence-corrected chi connectivity index (χ1v) is 10.1. The van der Waals surface area contributed by atoms with Gasteiger partial charge in [0.2, 0.25) is 5.95 Å². The lowest BCUT2D eigenvalue weighted by Gasteiger charge is -2.34. The molecule has 1 aliphatic rings. The van der Waals surface area contributed by atoms with Crippen molar-refractivity contribution < 1.29 is 0 Å². The number of anilines is 3. The van der Waals surface area contributed by atoms with Crippen molar-refractivity contribution in [1.29, 1.82) is 0 Å². The number of benzene rings is 1. The standard InChI is InChI=1S/C22H24N8/c1-28-9-11-29(12-10-28)20-6-4-19(5-7-20)26-22-24-14-18-15-25-30(21(18)27-22)16-17-3-2-8-23-13-17/h2-8,13-15H,9-12,16H2,1H3,(H,24,26,27). The number of nitrogens with zero attached hydrogens (tertiary/aromatic N) is 7. The fourth-order valence-corrected chi connectivity index (χ4v) is 3.66. The molecule has 0 unspecified atom stereocenters. The Kier molecular flexibility index (Phi) is 4.98. The molecule has 3 aromatic heterocycles. The van der Waals surface area contributed by atoms with Crippen molar-refractivity contribution in [2.45, 2.75) is 6.54 Å². The summed E-state index contributed by atoms with van der Waals surface area (Å²) < 4.78 is 1.87. The maximum absolute atomic E-state index is 4.69. The van der Waals surface area contributed by atoms with Crippen LogP contribution in [0.15, 0.2) is 61.2 Å². The highest BCUT2D eigenvalue weighted by Gasteiger charge is 2.14. The van der Waals surface area contributed by atoms with Crippen LogP contribution >= 0.6 is 0 Å². The molecule has 0 spiro atoms. The molecule has 0 atom stereocenters. The van der Waals surface area contributed by atoms with Gasteiger partial charge in [0.1, 0.15) is 0 Å². The quantitative estimate of drug-likeness (QED) is 0.552. The summed E-state index contributed by atoms with van der Waals surface area (Å²) in [4.78, 5) is 18.1. The Morgan fingerprint density at radius 1 is 0.967 bits per heavy atom. The summed E-state index contributed by atoms with van der Waals surface area (Å²) in [5, 5.41) is 8.68. The van der Waals surface area contributed by atoms with Crippen molar-refractivity contribution in [3.63, 3.8) is 0 Å². The second-order valence-electron chi connectivity index (χ2n) is 7.60. The Balaban J connectivity index is 1.32. The van der Waals surface area contributed by atoms with E-state index in [9.17, 15) is 0 Å². The van der Waals surface area contributed by atoms with E-state index in [4.69, 9.17) is 0 Å². The SMILES string of the molecule is CN1CCN(c2ccc(Nc3ncc4cnn(Cc5cccnc5)c4n3)cc2)CC1. The van der Waals surface area contributed by atoms with E-state index >= 15 is 0 Å². The topological polar surface area (TPSA) is 75.0 Å². The minimum atomic E-state index is 0.558. The Labute approximate surface area is 175 Å². The fraction of sp³-hybridized carbons (Fsp3) is 0.273. The summed E-state index contributed by atoms with van der Waals surface area (Å²) in [6.07, 6.45) is 7.20. The van der Waals surface area contributed by atoms with E-state index in [2.05, 4.69) is 66.5 Å². The van der Waals surface area contributed by atoms with Gasteiger partial charge in [0, 0.05) is 56.1 Å². The third kappa shape index (κ3) is 3.95. The van der Waals surface area contributed by atoms with Crippen LogP contribution in [-0.2, 0) is 6.54 Å². The first kappa shape index (κ1) is 18.5. The van der Waals surface area contributed by atoms with Gasteiger partial charge in [-0.3, -0.25) is 4.98 Å². The van der Waals surface area contributed by atoms with Crippen molar-refractivity contribution in [1.82, 2.24) is 29.6 Å². The average Bonchev–Trinajstić information content (AvgIpc) is 3.18. The van der Waals surface area contributed by atoms with E-state index in [-0.39, 0.29) is 0 Å². The van der Waals surface area contributed by atoms with Crippen LogP contribution < -0.4 is 10.2 Å². The Morgan fingerprint density at radius 2 is 1.80 bits per heavy atom. The number of fused-ring (bicyclic) bond motifs is 1. The van der Waals surface area contributed by atoms with Crippen molar-refractivity contribution in [2.75, 3.05) is 43.4 Å². The predicted molar refractivity (Wildman–Crippen MR) is 118 cm³/mol. The second-order valence-corrected chi connectivity index (χ2v) is 7.60. The van der Waals surface area contributed by atoms with Gasteiger partial charge in [-0.2, -0.15) is 10.1 Å². The second kappa shape index (κ2) is 8.08. The highest BCUT2D eigenvalue weighted by atomic mass is 15.3. The number of piperazine rings is 1. The molecule has 0 radical (unpaired) electrons. The first-order chi connectivity index (χ1) is 14.7. The van der Waals surface area contributed by atoms with Crippen molar-refractivity contribution >= 4 is 28.4 Å². The lowest BCUT2D eigenvalue weighted by Crippen LogP contribution is -2.44. The maximum Gasteiger partial charge on any atom is 0.229 e. The molecular weight excluding hydrogens is 376 g/mol.